The van der Waals surface area contributed by atoms with E-state index < -0.39 is 0 Å². The smallest absolute Gasteiger partial charge is 0.257 e. The zero-order chi connectivity index (χ0) is 21.0. The molecule has 1 heterocycles. The van der Waals surface area contributed by atoms with Crippen molar-refractivity contribution < 1.29 is 4.52 Å². The van der Waals surface area contributed by atoms with E-state index in [2.05, 4.69) is 52.7 Å². The van der Waals surface area contributed by atoms with Gasteiger partial charge < -0.3 is 9.84 Å². The number of hydrogen-bond acceptors (Lipinski definition) is 4. The van der Waals surface area contributed by atoms with Crippen LogP contribution in [0.15, 0.2) is 53.1 Å². The summed E-state index contributed by atoms with van der Waals surface area (Å²) in [6.45, 7) is 3.98. The minimum Gasteiger partial charge on any atom is -0.334 e. The monoisotopic (exact) mass is 425 g/mol. The zero-order valence-electron chi connectivity index (χ0n) is 17.9. The van der Waals surface area contributed by atoms with Crippen LogP contribution in [0.5, 0.6) is 0 Å². The molecule has 160 valence electrons. The summed E-state index contributed by atoms with van der Waals surface area (Å²) in [6, 6.07) is 16.3. The normalized spacial score (nSPS) is 11.1. The minimum atomic E-state index is 0.608. The fraction of sp³-hybridized carbons (Fsp3) is 0.440. The molecule has 0 aliphatic heterocycles. The van der Waals surface area contributed by atoms with Gasteiger partial charge in [0, 0.05) is 23.6 Å². The van der Waals surface area contributed by atoms with E-state index in [0.29, 0.717) is 5.89 Å². The summed E-state index contributed by atoms with van der Waals surface area (Å²) < 4.78 is 5.46. The molecule has 4 nitrogen and oxygen atoms in total. The van der Waals surface area contributed by atoms with Gasteiger partial charge in [0.15, 0.2) is 5.82 Å². The number of halogens is 1. The van der Waals surface area contributed by atoms with Gasteiger partial charge in [-0.3, -0.25) is 0 Å². The van der Waals surface area contributed by atoms with Crippen molar-refractivity contribution in [3.63, 3.8) is 0 Å². The molecule has 0 aliphatic carbocycles. The lowest BCUT2D eigenvalue weighted by Gasteiger charge is -2.06. The van der Waals surface area contributed by atoms with Crippen molar-refractivity contribution in [2.75, 3.05) is 6.54 Å². The first kappa shape index (κ1) is 22.5. The summed E-state index contributed by atoms with van der Waals surface area (Å²) in [6.07, 6.45) is 9.46. The highest BCUT2D eigenvalue weighted by Gasteiger charge is 2.08. The van der Waals surface area contributed by atoms with E-state index in [1.807, 2.05) is 18.2 Å². The van der Waals surface area contributed by atoms with E-state index in [1.54, 1.807) is 0 Å². The lowest BCUT2D eigenvalue weighted by molar-refractivity contribution is 0.421. The van der Waals surface area contributed by atoms with Crippen molar-refractivity contribution in [3.8, 4) is 11.5 Å². The van der Waals surface area contributed by atoms with Crippen LogP contribution in [0.4, 0.5) is 0 Å². The number of unbranched alkanes of at least 4 members (excludes halogenated alkanes) is 5. The van der Waals surface area contributed by atoms with E-state index in [9.17, 15) is 0 Å². The van der Waals surface area contributed by atoms with Crippen LogP contribution in [-0.2, 0) is 19.4 Å². The van der Waals surface area contributed by atoms with Crippen molar-refractivity contribution in [3.05, 3.63) is 70.5 Å². The number of rotatable bonds is 13. The van der Waals surface area contributed by atoms with Crippen LogP contribution in [0.1, 0.15) is 62.4 Å². The van der Waals surface area contributed by atoms with Crippen LogP contribution in [0.25, 0.3) is 11.5 Å². The molecule has 1 aromatic heterocycles. The number of aryl methyl sites for hydroxylation is 1. The molecule has 0 bridgehead atoms. The van der Waals surface area contributed by atoms with E-state index in [1.165, 1.54) is 43.2 Å². The molecule has 0 saturated carbocycles. The van der Waals surface area contributed by atoms with Gasteiger partial charge in [-0.25, -0.2) is 0 Å². The third-order valence-electron chi connectivity index (χ3n) is 5.23. The van der Waals surface area contributed by atoms with Crippen LogP contribution in [0.2, 0.25) is 5.02 Å². The number of nitrogens with one attached hydrogen (secondary N) is 1. The molecule has 0 atom stereocenters. The second-order valence-corrected chi connectivity index (χ2v) is 8.22. The van der Waals surface area contributed by atoms with Crippen molar-refractivity contribution in [2.45, 2.75) is 64.8 Å². The van der Waals surface area contributed by atoms with Gasteiger partial charge in [0.05, 0.1) is 0 Å². The van der Waals surface area contributed by atoms with Crippen molar-refractivity contribution in [2.24, 2.45) is 0 Å². The predicted molar refractivity (Wildman–Crippen MR) is 124 cm³/mol. The molecule has 0 aliphatic rings. The summed E-state index contributed by atoms with van der Waals surface area (Å²) in [5.41, 5.74) is 3.45. The topological polar surface area (TPSA) is 51.0 Å². The Kier molecular flexibility index (Phi) is 9.39. The SMILES string of the molecule is CCCCCCCCc1noc(-c2ccc(CNCCc3cccc(Cl)c3)cc2)n1. The second-order valence-electron chi connectivity index (χ2n) is 7.79. The Labute approximate surface area is 185 Å². The molecule has 3 aromatic rings. The first-order chi connectivity index (χ1) is 14.7. The molecule has 5 heteroatoms. The Morgan fingerprint density at radius 3 is 2.50 bits per heavy atom. The first-order valence-corrected chi connectivity index (χ1v) is 11.5. The quantitative estimate of drug-likeness (QED) is 0.312. The van der Waals surface area contributed by atoms with Crippen LogP contribution in [0, 0.1) is 0 Å². The Balaban J connectivity index is 1.39. The Morgan fingerprint density at radius 1 is 0.900 bits per heavy atom. The number of aromatic nitrogens is 2. The highest BCUT2D eigenvalue weighted by molar-refractivity contribution is 6.30. The van der Waals surface area contributed by atoms with Crippen molar-refractivity contribution >= 4 is 11.6 Å². The zero-order valence-corrected chi connectivity index (χ0v) is 18.6. The highest BCUT2D eigenvalue weighted by atomic mass is 35.5. The number of benzene rings is 2. The molecule has 30 heavy (non-hydrogen) atoms. The van der Waals surface area contributed by atoms with Gasteiger partial charge in [-0.1, -0.05) is 80.1 Å². The molecular weight excluding hydrogens is 394 g/mol. The molecule has 1 N–H and O–H groups in total. The van der Waals surface area contributed by atoms with E-state index in [0.717, 1.165) is 48.8 Å². The van der Waals surface area contributed by atoms with Crippen LogP contribution in [-0.4, -0.2) is 16.7 Å². The van der Waals surface area contributed by atoms with Crippen LogP contribution < -0.4 is 5.32 Å². The minimum absolute atomic E-state index is 0.608. The third-order valence-corrected chi connectivity index (χ3v) is 5.47. The maximum atomic E-state index is 6.03. The summed E-state index contributed by atoms with van der Waals surface area (Å²) >= 11 is 6.03. The van der Waals surface area contributed by atoms with Gasteiger partial charge in [0.1, 0.15) is 0 Å². The molecule has 2 aromatic carbocycles. The van der Waals surface area contributed by atoms with E-state index in [4.69, 9.17) is 16.1 Å². The second kappa shape index (κ2) is 12.5. The summed E-state index contributed by atoms with van der Waals surface area (Å²) in [7, 11) is 0. The maximum absolute atomic E-state index is 6.03. The Morgan fingerprint density at radius 2 is 1.70 bits per heavy atom. The molecule has 0 amide bonds. The predicted octanol–water partition coefficient (Wildman–Crippen LogP) is 6.63. The van der Waals surface area contributed by atoms with Gasteiger partial charge in [-0.15, -0.1) is 0 Å². The Hall–Kier alpha value is -2.17. The van der Waals surface area contributed by atoms with Crippen LogP contribution >= 0.6 is 11.6 Å². The average Bonchev–Trinajstić information content (AvgIpc) is 3.23. The molecule has 0 radical (unpaired) electrons. The van der Waals surface area contributed by atoms with Crippen molar-refractivity contribution in [1.29, 1.82) is 0 Å². The lowest BCUT2D eigenvalue weighted by Crippen LogP contribution is -2.16. The average molecular weight is 426 g/mol. The highest BCUT2D eigenvalue weighted by Crippen LogP contribution is 2.19. The molecule has 0 saturated heterocycles. The summed E-state index contributed by atoms with van der Waals surface area (Å²) in [5.74, 6) is 1.42. The summed E-state index contributed by atoms with van der Waals surface area (Å²) in [5, 5.41) is 8.41. The fourth-order valence-corrected chi connectivity index (χ4v) is 3.67. The summed E-state index contributed by atoms with van der Waals surface area (Å²) in [4.78, 5) is 4.56. The molecule has 0 unspecified atom stereocenters. The Bertz CT molecular complexity index is 876. The third kappa shape index (κ3) is 7.58. The number of hydrogen-bond donors (Lipinski definition) is 1. The van der Waals surface area contributed by atoms with E-state index >= 15 is 0 Å². The molecular formula is C25H32ClN3O. The van der Waals surface area contributed by atoms with Gasteiger partial charge in [-0.2, -0.15) is 4.98 Å². The fourth-order valence-electron chi connectivity index (χ4n) is 3.46. The maximum Gasteiger partial charge on any atom is 0.257 e. The van der Waals surface area contributed by atoms with Gasteiger partial charge in [-0.05, 0) is 54.8 Å². The molecule has 0 spiro atoms. The van der Waals surface area contributed by atoms with Gasteiger partial charge in [0.2, 0.25) is 0 Å². The van der Waals surface area contributed by atoms with Crippen LogP contribution in [0.3, 0.4) is 0 Å². The molecule has 0 fully saturated rings. The van der Waals surface area contributed by atoms with Crippen molar-refractivity contribution in [1.82, 2.24) is 15.5 Å². The van der Waals surface area contributed by atoms with Gasteiger partial charge >= 0.3 is 0 Å². The largest absolute Gasteiger partial charge is 0.334 e. The standard InChI is InChI=1S/C25H32ClN3O/c1-2-3-4-5-6-7-11-24-28-25(30-29-24)22-14-12-21(13-15-22)19-27-17-16-20-9-8-10-23(26)18-20/h8-10,12-15,18,27H,2-7,11,16-17,19H2,1H3. The van der Waals surface area contributed by atoms with E-state index in [-0.39, 0.29) is 0 Å². The molecule has 3 rings (SSSR count). The first-order valence-electron chi connectivity index (χ1n) is 11.1. The number of nitrogens with zero attached hydrogens (tertiary/aromatic N) is 2. The van der Waals surface area contributed by atoms with Gasteiger partial charge in [0.25, 0.3) is 5.89 Å². The lowest BCUT2D eigenvalue weighted by atomic mass is 10.1.